The summed E-state index contributed by atoms with van der Waals surface area (Å²) in [6, 6.07) is -0.0311. The lowest BCUT2D eigenvalue weighted by molar-refractivity contribution is -0.475. The molecule has 0 N–H and O–H groups in total. The van der Waals surface area contributed by atoms with Crippen LogP contribution in [0.1, 0.15) is 13.3 Å². The molecule has 0 aliphatic carbocycles. The summed E-state index contributed by atoms with van der Waals surface area (Å²) in [6.07, 6.45) is 0.751. The Morgan fingerprint density at radius 3 is 1.96 bits per heavy atom. The van der Waals surface area contributed by atoms with Crippen molar-refractivity contribution in [2.75, 3.05) is 75.6 Å². The summed E-state index contributed by atoms with van der Waals surface area (Å²) in [5, 5.41) is 0. The molecule has 0 unspecified atom stereocenters. The van der Waals surface area contributed by atoms with E-state index >= 15 is 0 Å². The molecule has 0 fully saturated rings. The Hall–Kier alpha value is -1.99. The van der Waals surface area contributed by atoms with Crippen LogP contribution in [0.25, 0.3) is 0 Å². The molecule has 8 heteroatoms. The van der Waals surface area contributed by atoms with E-state index in [1.807, 2.05) is 42.6 Å². The van der Waals surface area contributed by atoms with Gasteiger partial charge in [-0.25, -0.2) is 9.59 Å². The van der Waals surface area contributed by atoms with Crippen molar-refractivity contribution in [1.29, 1.82) is 0 Å². The monoisotopic (exact) mass is 344 g/mol. The van der Waals surface area contributed by atoms with Gasteiger partial charge in [-0.2, -0.15) is 0 Å². The van der Waals surface area contributed by atoms with Gasteiger partial charge in [0, 0.05) is 27.7 Å². The van der Waals surface area contributed by atoms with E-state index in [0.717, 1.165) is 12.4 Å². The van der Waals surface area contributed by atoms with Gasteiger partial charge in [0.05, 0.1) is 41.3 Å². The van der Waals surface area contributed by atoms with E-state index < -0.39 is 0 Å². The van der Waals surface area contributed by atoms with Crippen LogP contribution in [0.15, 0.2) is 0 Å². The number of urea groups is 1. The minimum Gasteiger partial charge on any atom is -0.464 e. The Bertz CT molecular complexity index is 445. The highest BCUT2D eigenvalue weighted by molar-refractivity contribution is 5.81. The molecule has 0 aromatic heterocycles. The summed E-state index contributed by atoms with van der Waals surface area (Å²) < 4.78 is 7.04. The standard InChI is InChI=1S/C16H34N5O3/c1-9-24-14(22)13-21(15(17(2)3)18(4)5)12-10-11-20(8)16(23)19(6)7/h9-13H2,1-8H3/q+1. The number of hydrogen-bond acceptors (Lipinski definition) is 3. The first-order valence-electron chi connectivity index (χ1n) is 8.16. The number of hydrogen-bond donors (Lipinski definition) is 0. The largest absolute Gasteiger partial charge is 0.464 e. The zero-order chi connectivity index (χ0) is 18.9. The Labute approximate surface area is 146 Å². The molecule has 0 saturated carbocycles. The highest BCUT2D eigenvalue weighted by atomic mass is 16.5. The van der Waals surface area contributed by atoms with Gasteiger partial charge in [-0.3, -0.25) is 14.4 Å². The molecular formula is C16H34N5O3+. The Kier molecular flexibility index (Phi) is 9.83. The predicted octanol–water partition coefficient (Wildman–Crippen LogP) is 0.0447. The van der Waals surface area contributed by atoms with E-state index in [0.29, 0.717) is 19.7 Å². The fraction of sp³-hybridized carbons (Fsp3) is 0.812. The van der Waals surface area contributed by atoms with Crippen LogP contribution in [-0.2, 0) is 9.53 Å². The first kappa shape index (κ1) is 22.0. The molecule has 0 aliphatic rings. The fourth-order valence-electron chi connectivity index (χ4n) is 2.51. The maximum Gasteiger partial charge on any atom is 0.350 e. The van der Waals surface area contributed by atoms with Crippen molar-refractivity contribution in [3.63, 3.8) is 0 Å². The molecule has 0 aromatic carbocycles. The number of rotatable bonds is 7. The normalized spacial score (nSPS) is 10.0. The second kappa shape index (κ2) is 10.7. The van der Waals surface area contributed by atoms with Gasteiger partial charge in [0.25, 0.3) is 0 Å². The summed E-state index contributed by atoms with van der Waals surface area (Å²) >= 11 is 0. The number of carbonyl (C=O) groups is 2. The molecule has 0 aromatic rings. The van der Waals surface area contributed by atoms with E-state index in [4.69, 9.17) is 4.74 Å². The van der Waals surface area contributed by atoms with Gasteiger partial charge in [-0.05, 0) is 13.3 Å². The van der Waals surface area contributed by atoms with Crippen molar-refractivity contribution in [3.05, 3.63) is 0 Å². The van der Waals surface area contributed by atoms with Gasteiger partial charge in [-0.1, -0.05) is 0 Å². The second-order valence-corrected chi connectivity index (χ2v) is 6.27. The maximum absolute atomic E-state index is 11.9. The van der Waals surface area contributed by atoms with Gasteiger partial charge in [0.2, 0.25) is 0 Å². The first-order valence-corrected chi connectivity index (χ1v) is 8.16. The molecule has 0 heterocycles. The molecule has 0 saturated heterocycles. The number of carbonyl (C=O) groups excluding carboxylic acids is 2. The minimum atomic E-state index is -0.253. The SMILES string of the molecule is CCOC(=O)CN(CCCN(C)C(=O)N(C)C)C(N(C)C)=[N+](C)C. The quantitative estimate of drug-likeness (QED) is 0.283. The molecule has 0 spiro atoms. The smallest absolute Gasteiger partial charge is 0.350 e. The van der Waals surface area contributed by atoms with Crippen LogP contribution in [0.3, 0.4) is 0 Å². The van der Waals surface area contributed by atoms with Crippen LogP contribution in [0.5, 0.6) is 0 Å². The van der Waals surface area contributed by atoms with E-state index in [2.05, 4.69) is 0 Å². The van der Waals surface area contributed by atoms with Gasteiger partial charge in [0.1, 0.15) is 0 Å². The summed E-state index contributed by atoms with van der Waals surface area (Å²) in [7, 11) is 13.0. The molecule has 0 bridgehead atoms. The van der Waals surface area contributed by atoms with Crippen molar-refractivity contribution in [3.8, 4) is 0 Å². The lowest BCUT2D eigenvalue weighted by Gasteiger charge is -2.26. The average molecular weight is 344 g/mol. The number of amides is 2. The molecule has 8 nitrogen and oxygen atoms in total. The van der Waals surface area contributed by atoms with E-state index in [1.165, 1.54) is 0 Å². The minimum absolute atomic E-state index is 0.0311. The summed E-state index contributed by atoms with van der Waals surface area (Å²) in [5.74, 6) is 0.668. The lowest BCUT2D eigenvalue weighted by Crippen LogP contribution is -2.48. The van der Waals surface area contributed by atoms with Crippen molar-refractivity contribution < 1.29 is 18.9 Å². The van der Waals surface area contributed by atoms with Crippen LogP contribution in [0, 0.1) is 0 Å². The third-order valence-electron chi connectivity index (χ3n) is 3.34. The molecule has 140 valence electrons. The van der Waals surface area contributed by atoms with Crippen molar-refractivity contribution in [1.82, 2.24) is 19.6 Å². The Balaban J connectivity index is 4.93. The molecule has 2 amide bonds. The van der Waals surface area contributed by atoms with Crippen LogP contribution < -0.4 is 0 Å². The van der Waals surface area contributed by atoms with Crippen molar-refractivity contribution >= 4 is 18.0 Å². The number of nitrogens with zero attached hydrogens (tertiary/aromatic N) is 5. The topological polar surface area (TPSA) is 59.3 Å². The number of guanidine groups is 1. The average Bonchev–Trinajstić information content (AvgIpc) is 2.45. The first-order chi connectivity index (χ1) is 11.1. The third kappa shape index (κ3) is 7.52. The molecular weight excluding hydrogens is 310 g/mol. The van der Waals surface area contributed by atoms with Crippen LogP contribution >= 0.6 is 0 Å². The highest BCUT2D eigenvalue weighted by Crippen LogP contribution is 2.01. The van der Waals surface area contributed by atoms with Crippen LogP contribution in [-0.4, -0.2) is 118 Å². The van der Waals surface area contributed by atoms with Gasteiger partial charge in [0.15, 0.2) is 6.54 Å². The molecule has 0 aliphatic heterocycles. The number of ether oxygens (including phenoxy) is 1. The third-order valence-corrected chi connectivity index (χ3v) is 3.34. The molecule has 0 atom stereocenters. The Morgan fingerprint density at radius 2 is 1.54 bits per heavy atom. The van der Waals surface area contributed by atoms with Gasteiger partial charge in [-0.15, -0.1) is 0 Å². The van der Waals surface area contributed by atoms with Crippen molar-refractivity contribution in [2.45, 2.75) is 13.3 Å². The summed E-state index contributed by atoms with van der Waals surface area (Å²) in [4.78, 5) is 31.0. The van der Waals surface area contributed by atoms with Crippen molar-refractivity contribution in [2.24, 2.45) is 0 Å². The van der Waals surface area contributed by atoms with E-state index in [9.17, 15) is 9.59 Å². The Morgan fingerprint density at radius 1 is 0.958 bits per heavy atom. The zero-order valence-corrected chi connectivity index (χ0v) is 16.5. The summed E-state index contributed by atoms with van der Waals surface area (Å²) in [5.41, 5.74) is 0. The molecule has 24 heavy (non-hydrogen) atoms. The second-order valence-electron chi connectivity index (χ2n) is 6.27. The molecule has 0 rings (SSSR count). The zero-order valence-electron chi connectivity index (χ0n) is 16.5. The van der Waals surface area contributed by atoms with Gasteiger partial charge >= 0.3 is 18.0 Å². The van der Waals surface area contributed by atoms with Crippen LogP contribution in [0.4, 0.5) is 4.79 Å². The predicted molar refractivity (Wildman–Crippen MR) is 95.3 cm³/mol. The van der Waals surface area contributed by atoms with E-state index in [-0.39, 0.29) is 18.5 Å². The lowest BCUT2D eigenvalue weighted by atomic mass is 10.3. The summed E-state index contributed by atoms with van der Waals surface area (Å²) in [6.45, 7) is 3.61. The number of esters is 1. The maximum atomic E-state index is 11.9. The van der Waals surface area contributed by atoms with Gasteiger partial charge < -0.3 is 14.5 Å². The van der Waals surface area contributed by atoms with E-state index in [1.54, 1.807) is 37.9 Å². The highest BCUT2D eigenvalue weighted by Gasteiger charge is 2.25. The molecule has 0 radical (unpaired) electrons. The van der Waals surface area contributed by atoms with Crippen LogP contribution in [0.2, 0.25) is 0 Å². The fourth-order valence-corrected chi connectivity index (χ4v) is 2.51.